The molecule has 0 bridgehead atoms. The Morgan fingerprint density at radius 1 is 1.18 bits per heavy atom. The first kappa shape index (κ1) is 27.8. The zero-order valence-electron chi connectivity index (χ0n) is 21.5. The minimum absolute atomic E-state index is 0.0563. The number of halogens is 2. The Bertz CT molecular complexity index is 1300. The molecule has 1 amide bonds. The Morgan fingerprint density at radius 2 is 1.95 bits per heavy atom. The van der Waals surface area contributed by atoms with Crippen LogP contribution in [0.25, 0.3) is 11.3 Å². The first-order chi connectivity index (χ1) is 18.3. The Labute approximate surface area is 226 Å². The molecule has 3 aromatic rings. The van der Waals surface area contributed by atoms with E-state index >= 15 is 0 Å². The number of hydrogen-bond acceptors (Lipinski definition) is 6. The van der Waals surface area contributed by atoms with Crippen molar-refractivity contribution < 1.29 is 28.9 Å². The third-order valence-corrected chi connectivity index (χ3v) is 7.36. The maximum Gasteiger partial charge on any atom is 0.251 e. The molecule has 7 nitrogen and oxygen atoms in total. The summed E-state index contributed by atoms with van der Waals surface area (Å²) < 4.78 is 25.0. The lowest BCUT2D eigenvalue weighted by Gasteiger charge is -2.41. The molecule has 1 heterocycles. The quantitative estimate of drug-likeness (QED) is 0.318. The van der Waals surface area contributed by atoms with Crippen LogP contribution in [0.5, 0.6) is 11.5 Å². The lowest BCUT2D eigenvalue weighted by molar-refractivity contribution is -0.0567. The van der Waals surface area contributed by atoms with Gasteiger partial charge in [-0.15, -0.1) is 0 Å². The number of nitrogens with one attached hydrogen (secondary N) is 1. The van der Waals surface area contributed by atoms with Gasteiger partial charge in [-0.05, 0) is 79.3 Å². The van der Waals surface area contributed by atoms with Crippen molar-refractivity contribution in [1.82, 2.24) is 10.3 Å². The van der Waals surface area contributed by atoms with Crippen molar-refractivity contribution in [3.05, 3.63) is 76.2 Å². The minimum Gasteiger partial charge on any atom is -0.494 e. The number of ether oxygens (including phenoxy) is 2. The Hall–Kier alpha value is -3.20. The van der Waals surface area contributed by atoms with Gasteiger partial charge in [0.1, 0.15) is 35.2 Å². The third-order valence-electron chi connectivity index (χ3n) is 7.06. The fraction of sp³-hybridized carbons (Fsp3) is 0.379. The summed E-state index contributed by atoms with van der Waals surface area (Å²) in [7, 11) is 1.54. The largest absolute Gasteiger partial charge is 0.494 e. The molecule has 202 valence electrons. The van der Waals surface area contributed by atoms with Gasteiger partial charge in [0, 0.05) is 11.1 Å². The number of aryl methyl sites for hydroxylation is 1. The van der Waals surface area contributed by atoms with E-state index in [9.17, 15) is 14.3 Å². The van der Waals surface area contributed by atoms with E-state index in [1.54, 1.807) is 36.4 Å². The van der Waals surface area contributed by atoms with Crippen LogP contribution < -0.4 is 14.8 Å². The number of hydrogen-bond donors (Lipinski definition) is 3. The molecule has 2 aromatic carbocycles. The summed E-state index contributed by atoms with van der Waals surface area (Å²) in [5.41, 5.74) is 1.03. The van der Waals surface area contributed by atoms with Crippen molar-refractivity contribution in [2.45, 2.75) is 38.2 Å². The van der Waals surface area contributed by atoms with Gasteiger partial charge in [0.25, 0.3) is 5.91 Å². The average Bonchev–Trinajstić information content (AvgIpc) is 2.90. The lowest BCUT2D eigenvalue weighted by atomic mass is 9.71. The predicted octanol–water partition coefficient (Wildman–Crippen LogP) is 4.90. The molecule has 38 heavy (non-hydrogen) atoms. The Morgan fingerprint density at radius 3 is 2.58 bits per heavy atom. The van der Waals surface area contributed by atoms with Crippen LogP contribution in [0.3, 0.4) is 0 Å². The van der Waals surface area contributed by atoms with Crippen molar-refractivity contribution in [2.75, 3.05) is 26.9 Å². The number of carbonyl (C=O) groups excluding carboxylic acids is 1. The van der Waals surface area contributed by atoms with Gasteiger partial charge in [-0.2, -0.15) is 0 Å². The zero-order valence-corrected chi connectivity index (χ0v) is 22.2. The van der Waals surface area contributed by atoms with Gasteiger partial charge >= 0.3 is 0 Å². The molecule has 4 rings (SSSR count). The van der Waals surface area contributed by atoms with Gasteiger partial charge in [-0.3, -0.25) is 4.79 Å². The summed E-state index contributed by atoms with van der Waals surface area (Å²) >= 11 is 6.23. The van der Waals surface area contributed by atoms with Crippen LogP contribution in [0, 0.1) is 11.7 Å². The van der Waals surface area contributed by atoms with Gasteiger partial charge in [0.2, 0.25) is 0 Å². The van der Waals surface area contributed by atoms with Gasteiger partial charge in [-0.25, -0.2) is 9.37 Å². The first-order valence-corrected chi connectivity index (χ1v) is 13.1. The third kappa shape index (κ3) is 5.77. The number of carbonyl (C=O) groups is 1. The Balaban J connectivity index is 1.62. The number of rotatable bonds is 11. The Kier molecular flexibility index (Phi) is 8.87. The topological polar surface area (TPSA) is 101 Å². The summed E-state index contributed by atoms with van der Waals surface area (Å²) in [5.74, 6) is 0.0888. The van der Waals surface area contributed by atoms with Crippen molar-refractivity contribution in [3.8, 4) is 22.8 Å². The van der Waals surface area contributed by atoms with Crippen molar-refractivity contribution in [1.29, 1.82) is 0 Å². The number of aliphatic hydroxyl groups excluding tert-OH is 1. The molecule has 1 aromatic heterocycles. The number of nitrogens with zero attached hydrogens (tertiary/aromatic N) is 1. The van der Waals surface area contributed by atoms with Crippen LogP contribution in [0.1, 0.15) is 47.8 Å². The van der Waals surface area contributed by atoms with Crippen LogP contribution in [0.2, 0.25) is 5.02 Å². The number of aromatic nitrogens is 1. The van der Waals surface area contributed by atoms with Crippen molar-refractivity contribution in [3.63, 3.8) is 0 Å². The summed E-state index contributed by atoms with van der Waals surface area (Å²) in [5, 5.41) is 23.9. The van der Waals surface area contributed by atoms with Crippen LogP contribution in [0.4, 0.5) is 4.39 Å². The summed E-state index contributed by atoms with van der Waals surface area (Å²) in [4.78, 5) is 17.8. The average molecular weight is 543 g/mol. The second-order valence-corrected chi connectivity index (χ2v) is 9.77. The first-order valence-electron chi connectivity index (χ1n) is 12.7. The molecule has 1 unspecified atom stereocenters. The fourth-order valence-electron chi connectivity index (χ4n) is 4.61. The highest BCUT2D eigenvalue weighted by Gasteiger charge is 2.43. The van der Waals surface area contributed by atoms with Crippen LogP contribution in [0.15, 0.2) is 48.5 Å². The van der Waals surface area contributed by atoms with Crippen LogP contribution >= 0.6 is 11.6 Å². The molecule has 0 saturated heterocycles. The summed E-state index contributed by atoms with van der Waals surface area (Å²) in [6.07, 6.45) is 3.11. The number of methoxy groups -OCH3 is 1. The summed E-state index contributed by atoms with van der Waals surface area (Å²) in [6.45, 7) is 1.76. The van der Waals surface area contributed by atoms with E-state index in [2.05, 4.69) is 5.32 Å². The highest BCUT2D eigenvalue weighted by molar-refractivity contribution is 6.32. The maximum absolute atomic E-state index is 14.2. The van der Waals surface area contributed by atoms with Crippen LogP contribution in [-0.2, 0) is 12.0 Å². The standard InChI is InChI=1S/C29H32ClFN2O5/c1-3-18-15-19(7-9-23(18)31)27-25(37-2)11-12-26(33-27)29(36,21-5-4-6-21)17-32-28(35)20-8-10-24(22(30)16-20)38-14-13-34/h7-12,15-16,21,34,36H,3-6,13-14,17H2,1-2H3,(H,32,35). The van der Waals surface area contributed by atoms with E-state index in [4.69, 9.17) is 31.2 Å². The molecule has 9 heteroatoms. The molecule has 0 aliphatic heterocycles. The van der Waals surface area contributed by atoms with Gasteiger partial charge in [0.15, 0.2) is 0 Å². The zero-order chi connectivity index (χ0) is 27.3. The number of amides is 1. The lowest BCUT2D eigenvalue weighted by Crippen LogP contribution is -2.48. The van der Waals surface area contributed by atoms with E-state index in [0.717, 1.165) is 19.3 Å². The second kappa shape index (κ2) is 12.1. The summed E-state index contributed by atoms with van der Waals surface area (Å²) in [6, 6.07) is 12.9. The van der Waals surface area contributed by atoms with Gasteiger partial charge < -0.3 is 25.0 Å². The normalized spacial score (nSPS) is 14.9. The SMILES string of the molecule is CCc1cc(-c2nc(C(O)(CNC(=O)c3ccc(OCCO)c(Cl)c3)C3CCC3)ccc2OC)ccc1F. The number of aliphatic hydroxyl groups is 2. The highest BCUT2D eigenvalue weighted by Crippen LogP contribution is 2.43. The highest BCUT2D eigenvalue weighted by atomic mass is 35.5. The van der Waals surface area contributed by atoms with E-state index in [1.807, 2.05) is 6.92 Å². The monoisotopic (exact) mass is 542 g/mol. The molecule has 1 fully saturated rings. The van der Waals surface area contributed by atoms with E-state index in [-0.39, 0.29) is 36.5 Å². The van der Waals surface area contributed by atoms with E-state index in [1.165, 1.54) is 19.2 Å². The molecule has 0 radical (unpaired) electrons. The molecule has 1 atom stereocenters. The van der Waals surface area contributed by atoms with Crippen molar-refractivity contribution in [2.24, 2.45) is 5.92 Å². The van der Waals surface area contributed by atoms with E-state index < -0.39 is 11.5 Å². The predicted molar refractivity (Wildman–Crippen MR) is 143 cm³/mol. The van der Waals surface area contributed by atoms with Crippen LogP contribution in [-0.4, -0.2) is 48.0 Å². The molecule has 1 saturated carbocycles. The van der Waals surface area contributed by atoms with Crippen molar-refractivity contribution >= 4 is 17.5 Å². The van der Waals surface area contributed by atoms with E-state index in [0.29, 0.717) is 46.0 Å². The molecular formula is C29H32ClFN2O5. The smallest absolute Gasteiger partial charge is 0.251 e. The number of benzene rings is 2. The molecule has 1 aliphatic rings. The number of pyridine rings is 1. The van der Waals surface area contributed by atoms with Gasteiger partial charge in [-0.1, -0.05) is 24.9 Å². The van der Waals surface area contributed by atoms with Gasteiger partial charge in [0.05, 0.1) is 31.0 Å². The minimum atomic E-state index is -1.42. The molecule has 1 aliphatic carbocycles. The molecule has 0 spiro atoms. The maximum atomic E-state index is 14.2. The fourth-order valence-corrected chi connectivity index (χ4v) is 4.85. The molecular weight excluding hydrogens is 511 g/mol. The molecule has 3 N–H and O–H groups in total. The second-order valence-electron chi connectivity index (χ2n) is 9.36.